The summed E-state index contributed by atoms with van der Waals surface area (Å²) in [4.78, 5) is 3.30. The zero-order valence-corrected chi connectivity index (χ0v) is 6.68. The molecular formula is C8H5F3N2. The number of hydrogen-bond acceptors (Lipinski definition) is 2. The monoisotopic (exact) mass is 186 g/mol. The molecule has 13 heavy (non-hydrogen) atoms. The second kappa shape index (κ2) is 3.44. The van der Waals surface area contributed by atoms with Gasteiger partial charge in [-0.3, -0.25) is 0 Å². The molecule has 0 atom stereocenters. The largest absolute Gasteiger partial charge is 0.280 e. The maximum absolute atomic E-state index is 12.9. The summed E-state index contributed by atoms with van der Waals surface area (Å²) in [5, 5.41) is 8.43. The van der Waals surface area contributed by atoms with Crippen LogP contribution in [-0.4, -0.2) is 4.98 Å². The van der Waals surface area contributed by atoms with E-state index in [1.165, 1.54) is 6.92 Å². The van der Waals surface area contributed by atoms with Crippen LogP contribution < -0.4 is 0 Å². The van der Waals surface area contributed by atoms with Crippen LogP contribution >= 0.6 is 0 Å². The number of rotatable bonds is 1. The van der Waals surface area contributed by atoms with Crippen LogP contribution in [0.2, 0.25) is 0 Å². The van der Waals surface area contributed by atoms with Crippen molar-refractivity contribution in [2.24, 2.45) is 0 Å². The van der Waals surface area contributed by atoms with Crippen molar-refractivity contribution in [2.45, 2.75) is 13.3 Å². The lowest BCUT2D eigenvalue weighted by atomic mass is 10.2. The third-order valence-electron chi connectivity index (χ3n) is 1.56. The molecule has 0 aliphatic heterocycles. The number of hydrogen-bond donors (Lipinski definition) is 0. The quantitative estimate of drug-likeness (QED) is 0.674. The molecule has 1 aromatic rings. The van der Waals surface area contributed by atoms with Crippen LogP contribution in [0.5, 0.6) is 0 Å². The van der Waals surface area contributed by atoms with Crippen LogP contribution in [-0.2, 0) is 0 Å². The fraction of sp³-hybridized carbons (Fsp3) is 0.250. The van der Waals surface area contributed by atoms with E-state index in [0.717, 1.165) is 0 Å². The Bertz CT molecular complexity index is 368. The van der Waals surface area contributed by atoms with Crippen LogP contribution in [0.25, 0.3) is 0 Å². The Kier molecular flexibility index (Phi) is 2.52. The van der Waals surface area contributed by atoms with Gasteiger partial charge in [-0.25, -0.2) is 18.2 Å². The van der Waals surface area contributed by atoms with Gasteiger partial charge in [0.25, 0.3) is 6.43 Å². The molecule has 0 fully saturated rings. The van der Waals surface area contributed by atoms with E-state index >= 15 is 0 Å². The number of aromatic nitrogens is 1. The van der Waals surface area contributed by atoms with E-state index in [0.29, 0.717) is 6.07 Å². The highest BCUT2D eigenvalue weighted by Gasteiger charge is 2.14. The summed E-state index contributed by atoms with van der Waals surface area (Å²) >= 11 is 0. The molecule has 2 nitrogen and oxygen atoms in total. The molecule has 0 bridgehead atoms. The van der Waals surface area contributed by atoms with Crippen LogP contribution in [0.4, 0.5) is 13.2 Å². The molecule has 5 heteroatoms. The zero-order valence-electron chi connectivity index (χ0n) is 6.68. The van der Waals surface area contributed by atoms with E-state index in [1.807, 2.05) is 0 Å². The molecule has 0 saturated carbocycles. The number of alkyl halides is 2. The minimum absolute atomic E-state index is 0.00750. The molecule has 1 heterocycles. The van der Waals surface area contributed by atoms with Crippen molar-refractivity contribution in [2.75, 3.05) is 0 Å². The molecule has 0 aromatic carbocycles. The highest BCUT2D eigenvalue weighted by molar-refractivity contribution is 5.32. The Balaban J connectivity index is 3.32. The van der Waals surface area contributed by atoms with Gasteiger partial charge in [0.05, 0.1) is 0 Å². The van der Waals surface area contributed by atoms with Crippen molar-refractivity contribution in [1.29, 1.82) is 5.26 Å². The van der Waals surface area contributed by atoms with Crippen LogP contribution in [0.3, 0.4) is 0 Å². The lowest BCUT2D eigenvalue weighted by molar-refractivity contribution is 0.145. The summed E-state index contributed by atoms with van der Waals surface area (Å²) in [6.07, 6.45) is -2.86. The molecule has 1 aromatic heterocycles. The number of pyridine rings is 1. The first kappa shape index (κ1) is 9.52. The Morgan fingerprint density at radius 1 is 1.54 bits per heavy atom. The van der Waals surface area contributed by atoms with Gasteiger partial charge in [0, 0.05) is 11.6 Å². The number of nitriles is 1. The average molecular weight is 186 g/mol. The predicted octanol–water partition coefficient (Wildman–Crippen LogP) is 2.34. The molecular weight excluding hydrogens is 181 g/mol. The molecule has 0 saturated heterocycles. The average Bonchev–Trinajstić information content (AvgIpc) is 2.09. The lowest BCUT2D eigenvalue weighted by Gasteiger charge is -2.02. The van der Waals surface area contributed by atoms with Crippen LogP contribution in [0, 0.1) is 24.1 Å². The van der Waals surface area contributed by atoms with E-state index in [4.69, 9.17) is 5.26 Å². The summed E-state index contributed by atoms with van der Waals surface area (Å²) in [6.45, 7) is 1.32. The summed E-state index contributed by atoms with van der Waals surface area (Å²) in [5.74, 6) is -0.832. The third kappa shape index (κ3) is 1.78. The van der Waals surface area contributed by atoms with E-state index in [-0.39, 0.29) is 11.3 Å². The zero-order chi connectivity index (χ0) is 10.0. The van der Waals surface area contributed by atoms with Crippen molar-refractivity contribution in [3.63, 3.8) is 0 Å². The second-order valence-corrected chi connectivity index (χ2v) is 2.42. The standard InChI is InChI=1S/C8H5F3N2/c1-4-5(9)2-6(8(10)11)13-7(4)3-12/h2,8H,1H3. The Morgan fingerprint density at radius 2 is 2.15 bits per heavy atom. The molecule has 0 N–H and O–H groups in total. The molecule has 68 valence electrons. The Labute approximate surface area is 72.6 Å². The van der Waals surface area contributed by atoms with Gasteiger partial charge in [-0.1, -0.05) is 0 Å². The van der Waals surface area contributed by atoms with Gasteiger partial charge >= 0.3 is 0 Å². The summed E-state index contributed by atoms with van der Waals surface area (Å²) in [7, 11) is 0. The van der Waals surface area contributed by atoms with Crippen LogP contribution in [0.1, 0.15) is 23.4 Å². The maximum Gasteiger partial charge on any atom is 0.280 e. The van der Waals surface area contributed by atoms with E-state index in [2.05, 4.69) is 4.98 Å². The molecule has 0 radical (unpaired) electrons. The molecule has 0 aliphatic carbocycles. The number of nitrogens with zero attached hydrogens (tertiary/aromatic N) is 2. The van der Waals surface area contributed by atoms with Gasteiger partial charge in [0.2, 0.25) is 0 Å². The van der Waals surface area contributed by atoms with Gasteiger partial charge in [-0.15, -0.1) is 0 Å². The van der Waals surface area contributed by atoms with Gasteiger partial charge in [0.15, 0.2) is 0 Å². The van der Waals surface area contributed by atoms with Crippen molar-refractivity contribution in [3.05, 3.63) is 28.8 Å². The van der Waals surface area contributed by atoms with E-state index < -0.39 is 17.9 Å². The molecule has 0 unspecified atom stereocenters. The molecule has 1 rings (SSSR count). The Morgan fingerprint density at radius 3 is 2.62 bits per heavy atom. The maximum atomic E-state index is 12.9. The molecule has 0 amide bonds. The first-order valence-electron chi connectivity index (χ1n) is 3.41. The normalized spacial score (nSPS) is 10.2. The highest BCUT2D eigenvalue weighted by atomic mass is 19.3. The second-order valence-electron chi connectivity index (χ2n) is 2.42. The van der Waals surface area contributed by atoms with Crippen molar-refractivity contribution >= 4 is 0 Å². The lowest BCUT2D eigenvalue weighted by Crippen LogP contribution is -1.99. The fourth-order valence-electron chi connectivity index (χ4n) is 0.817. The van der Waals surface area contributed by atoms with Crippen molar-refractivity contribution in [1.82, 2.24) is 4.98 Å². The van der Waals surface area contributed by atoms with Crippen molar-refractivity contribution < 1.29 is 13.2 Å². The number of halogens is 3. The first-order valence-corrected chi connectivity index (χ1v) is 3.41. The fourth-order valence-corrected chi connectivity index (χ4v) is 0.817. The summed E-state index contributed by atoms with van der Waals surface area (Å²) in [5.41, 5.74) is -1.01. The van der Waals surface area contributed by atoms with E-state index in [1.54, 1.807) is 6.07 Å². The predicted molar refractivity (Wildman–Crippen MR) is 38.6 cm³/mol. The highest BCUT2D eigenvalue weighted by Crippen LogP contribution is 2.20. The first-order chi connectivity index (χ1) is 6.06. The minimum atomic E-state index is -2.86. The summed E-state index contributed by atoms with van der Waals surface area (Å²) in [6, 6.07) is 2.19. The smallest absolute Gasteiger partial charge is 0.236 e. The van der Waals surface area contributed by atoms with Crippen molar-refractivity contribution in [3.8, 4) is 6.07 Å². The van der Waals surface area contributed by atoms with Crippen LogP contribution in [0.15, 0.2) is 6.07 Å². The SMILES string of the molecule is Cc1c(F)cc(C(F)F)nc1C#N. The van der Waals surface area contributed by atoms with Gasteiger partial charge in [-0.05, 0) is 6.92 Å². The van der Waals surface area contributed by atoms with Gasteiger partial charge in [-0.2, -0.15) is 5.26 Å². The van der Waals surface area contributed by atoms with Gasteiger partial charge in [0.1, 0.15) is 23.3 Å². The minimum Gasteiger partial charge on any atom is -0.236 e. The van der Waals surface area contributed by atoms with Gasteiger partial charge < -0.3 is 0 Å². The third-order valence-corrected chi connectivity index (χ3v) is 1.56. The summed E-state index contributed by atoms with van der Waals surface area (Å²) < 4.78 is 37.0. The molecule has 0 aliphatic rings. The Hall–Kier alpha value is -1.57. The van der Waals surface area contributed by atoms with E-state index in [9.17, 15) is 13.2 Å². The molecule has 0 spiro atoms. The topological polar surface area (TPSA) is 36.7 Å².